The van der Waals surface area contributed by atoms with Crippen LogP contribution in [-0.4, -0.2) is 63.7 Å². The van der Waals surface area contributed by atoms with Gasteiger partial charge < -0.3 is 20.1 Å². The molecular formula is C25H28F3N3O5. The first-order chi connectivity index (χ1) is 16.9. The molecule has 2 amide bonds. The number of hydrogen-bond acceptors (Lipinski definition) is 5. The molecule has 1 unspecified atom stereocenters. The summed E-state index contributed by atoms with van der Waals surface area (Å²) in [5, 5.41) is 10.00. The second-order valence-corrected chi connectivity index (χ2v) is 8.95. The van der Waals surface area contributed by atoms with E-state index in [1.807, 2.05) is 43.0 Å². The van der Waals surface area contributed by atoms with E-state index in [0.717, 1.165) is 30.4 Å². The van der Waals surface area contributed by atoms with E-state index < -0.39 is 18.2 Å². The highest BCUT2D eigenvalue weighted by Crippen LogP contribution is 2.39. The molecule has 1 spiro atoms. The summed E-state index contributed by atoms with van der Waals surface area (Å²) in [6.45, 7) is 5.39. The molecule has 0 saturated carbocycles. The number of piperidine rings is 1. The number of carbonyl (C=O) groups excluding carboxylic acids is 2. The van der Waals surface area contributed by atoms with E-state index in [4.69, 9.17) is 14.6 Å². The highest BCUT2D eigenvalue weighted by atomic mass is 19.4. The number of aliphatic carboxylic acids is 1. The minimum absolute atomic E-state index is 0.0758. The van der Waals surface area contributed by atoms with Gasteiger partial charge in [0, 0.05) is 24.8 Å². The first-order valence-corrected chi connectivity index (χ1v) is 11.5. The number of pyridine rings is 1. The molecule has 1 aromatic heterocycles. The first kappa shape index (κ1) is 27.1. The summed E-state index contributed by atoms with van der Waals surface area (Å²) in [5.41, 5.74) is 3.44. The number of amides is 2. The van der Waals surface area contributed by atoms with Crippen molar-refractivity contribution in [2.75, 3.05) is 18.4 Å². The second kappa shape index (κ2) is 11.1. The van der Waals surface area contributed by atoms with Gasteiger partial charge in [-0.3, -0.25) is 14.6 Å². The molecule has 0 radical (unpaired) electrons. The second-order valence-electron chi connectivity index (χ2n) is 8.95. The van der Waals surface area contributed by atoms with Crippen molar-refractivity contribution in [2.45, 2.75) is 57.4 Å². The predicted molar refractivity (Wildman–Crippen MR) is 124 cm³/mol. The van der Waals surface area contributed by atoms with Crippen LogP contribution >= 0.6 is 0 Å². The van der Waals surface area contributed by atoms with Gasteiger partial charge in [0.05, 0.1) is 17.5 Å². The molecule has 2 aliphatic rings. The molecule has 8 nitrogen and oxygen atoms in total. The van der Waals surface area contributed by atoms with Crippen molar-refractivity contribution in [1.29, 1.82) is 0 Å². The Balaban J connectivity index is 0.000000454. The number of rotatable bonds is 3. The number of alkyl halides is 3. The summed E-state index contributed by atoms with van der Waals surface area (Å²) >= 11 is 0. The van der Waals surface area contributed by atoms with Crippen LogP contribution in [0.5, 0.6) is 0 Å². The number of carboxylic acids is 1. The highest BCUT2D eigenvalue weighted by molar-refractivity contribution is 5.95. The predicted octanol–water partition coefficient (Wildman–Crippen LogP) is 4.12. The molecule has 2 fully saturated rings. The van der Waals surface area contributed by atoms with Gasteiger partial charge in [-0.05, 0) is 74.9 Å². The largest absolute Gasteiger partial charge is 0.490 e. The third kappa shape index (κ3) is 6.81. The molecule has 3 heterocycles. The van der Waals surface area contributed by atoms with Crippen LogP contribution < -0.4 is 5.32 Å². The molecule has 194 valence electrons. The zero-order valence-corrected chi connectivity index (χ0v) is 20.0. The molecule has 4 rings (SSSR count). The molecule has 1 atom stereocenters. The number of likely N-dealkylation sites (tertiary alicyclic amines) is 1. The first-order valence-electron chi connectivity index (χ1n) is 11.5. The van der Waals surface area contributed by atoms with E-state index in [0.29, 0.717) is 25.2 Å². The average molecular weight is 508 g/mol. The zero-order valence-electron chi connectivity index (χ0n) is 20.0. The lowest BCUT2D eigenvalue weighted by molar-refractivity contribution is -0.192. The molecule has 0 bridgehead atoms. The molecule has 11 heteroatoms. The number of carboxylic acid groups (broad SMARTS) is 1. The summed E-state index contributed by atoms with van der Waals surface area (Å²) in [4.78, 5) is 40.2. The molecule has 2 aromatic rings. The standard InChI is InChI=1S/C23H27N3O3.C2HF3O2/c1-16-5-6-18(14-17(16)2)22(28)26-12-9-23(10-13-26)8-7-20(29-23)21(27)25-19-4-3-11-24-15-19;3-2(4,5)1(6)7/h3-6,11,14-15,20H,7-10,12-13H2,1-2H3,(H,25,27);(H,6,7). The van der Waals surface area contributed by atoms with Crippen molar-refractivity contribution in [3.63, 3.8) is 0 Å². The Morgan fingerprint density at radius 3 is 2.33 bits per heavy atom. The molecule has 0 aliphatic carbocycles. The molecule has 1 aromatic carbocycles. The Kier molecular flexibility index (Phi) is 8.34. The van der Waals surface area contributed by atoms with Crippen molar-refractivity contribution in [2.24, 2.45) is 0 Å². The van der Waals surface area contributed by atoms with Crippen molar-refractivity contribution in [3.05, 3.63) is 59.4 Å². The monoisotopic (exact) mass is 507 g/mol. The number of hydrogen-bond donors (Lipinski definition) is 2. The fourth-order valence-electron chi connectivity index (χ4n) is 4.20. The maximum Gasteiger partial charge on any atom is 0.490 e. The molecule has 2 saturated heterocycles. The maximum atomic E-state index is 12.9. The number of ether oxygens (including phenoxy) is 1. The van der Waals surface area contributed by atoms with Gasteiger partial charge in [0.1, 0.15) is 6.10 Å². The van der Waals surface area contributed by atoms with Crippen LogP contribution in [0.1, 0.15) is 47.2 Å². The number of anilines is 1. The summed E-state index contributed by atoms with van der Waals surface area (Å²) < 4.78 is 38.0. The van der Waals surface area contributed by atoms with Crippen LogP contribution in [0.2, 0.25) is 0 Å². The molecule has 2 aliphatic heterocycles. The van der Waals surface area contributed by atoms with Gasteiger partial charge in [-0.15, -0.1) is 0 Å². The number of halogens is 3. The number of aryl methyl sites for hydroxylation is 2. The number of carbonyl (C=O) groups is 3. The highest BCUT2D eigenvalue weighted by Gasteiger charge is 2.45. The number of aromatic nitrogens is 1. The van der Waals surface area contributed by atoms with Gasteiger partial charge in [0.15, 0.2) is 0 Å². The van der Waals surface area contributed by atoms with Gasteiger partial charge in [-0.1, -0.05) is 6.07 Å². The van der Waals surface area contributed by atoms with Crippen molar-refractivity contribution < 1.29 is 37.4 Å². The van der Waals surface area contributed by atoms with Crippen molar-refractivity contribution in [3.8, 4) is 0 Å². The van der Waals surface area contributed by atoms with Gasteiger partial charge in [-0.25, -0.2) is 4.79 Å². The van der Waals surface area contributed by atoms with Crippen LogP contribution in [0.15, 0.2) is 42.7 Å². The molecule has 36 heavy (non-hydrogen) atoms. The van der Waals surface area contributed by atoms with Crippen LogP contribution in [0.3, 0.4) is 0 Å². The summed E-state index contributed by atoms with van der Waals surface area (Å²) in [6, 6.07) is 9.47. The third-order valence-corrected chi connectivity index (χ3v) is 6.43. The normalized spacial score (nSPS) is 18.8. The van der Waals surface area contributed by atoms with Crippen LogP contribution in [0.25, 0.3) is 0 Å². The number of nitrogens with one attached hydrogen (secondary N) is 1. The SMILES string of the molecule is Cc1ccc(C(=O)N2CCC3(CCC(C(=O)Nc4cccnc4)O3)CC2)cc1C.O=C(O)C(F)(F)F. The molecular weight excluding hydrogens is 479 g/mol. The number of benzene rings is 1. The lowest BCUT2D eigenvalue weighted by Gasteiger charge is -2.39. The quantitative estimate of drug-likeness (QED) is 0.647. The lowest BCUT2D eigenvalue weighted by Crippen LogP contribution is -2.47. The Bertz CT molecular complexity index is 1100. The average Bonchev–Trinajstić information content (AvgIpc) is 3.25. The van der Waals surface area contributed by atoms with Crippen LogP contribution in [0, 0.1) is 13.8 Å². The summed E-state index contributed by atoms with van der Waals surface area (Å²) in [6.07, 6.45) is 0.849. The minimum Gasteiger partial charge on any atom is -0.475 e. The van der Waals surface area contributed by atoms with E-state index >= 15 is 0 Å². The Hall–Kier alpha value is -3.47. The van der Waals surface area contributed by atoms with Gasteiger partial charge in [-0.2, -0.15) is 13.2 Å². The van der Waals surface area contributed by atoms with Gasteiger partial charge >= 0.3 is 12.1 Å². The lowest BCUT2D eigenvalue weighted by atomic mass is 9.88. The van der Waals surface area contributed by atoms with Gasteiger partial charge in [0.2, 0.25) is 0 Å². The zero-order chi connectivity index (χ0) is 26.5. The van der Waals surface area contributed by atoms with Crippen molar-refractivity contribution >= 4 is 23.5 Å². The molecule has 2 N–H and O–H groups in total. The topological polar surface area (TPSA) is 109 Å². The van der Waals surface area contributed by atoms with E-state index in [2.05, 4.69) is 10.3 Å². The Labute approximate surface area is 206 Å². The fourth-order valence-corrected chi connectivity index (χ4v) is 4.20. The Morgan fingerprint density at radius 1 is 1.11 bits per heavy atom. The van der Waals surface area contributed by atoms with E-state index in [-0.39, 0.29) is 17.4 Å². The smallest absolute Gasteiger partial charge is 0.475 e. The summed E-state index contributed by atoms with van der Waals surface area (Å²) in [7, 11) is 0. The Morgan fingerprint density at radius 2 is 1.78 bits per heavy atom. The van der Waals surface area contributed by atoms with Crippen LogP contribution in [0.4, 0.5) is 18.9 Å². The third-order valence-electron chi connectivity index (χ3n) is 6.43. The van der Waals surface area contributed by atoms with Gasteiger partial charge in [0.25, 0.3) is 11.8 Å². The maximum absolute atomic E-state index is 12.9. The van der Waals surface area contributed by atoms with E-state index in [9.17, 15) is 22.8 Å². The summed E-state index contributed by atoms with van der Waals surface area (Å²) in [5.74, 6) is -2.80. The van der Waals surface area contributed by atoms with Crippen LogP contribution in [-0.2, 0) is 14.3 Å². The van der Waals surface area contributed by atoms with Crippen molar-refractivity contribution in [1.82, 2.24) is 9.88 Å². The van der Waals surface area contributed by atoms with E-state index in [1.54, 1.807) is 18.5 Å². The van der Waals surface area contributed by atoms with E-state index in [1.165, 1.54) is 5.56 Å². The minimum atomic E-state index is -5.08. The fraction of sp³-hybridized carbons (Fsp3) is 0.440. The number of nitrogens with zero attached hydrogens (tertiary/aromatic N) is 2.